The third-order valence-corrected chi connectivity index (χ3v) is 4.04. The molecule has 1 aromatic heterocycles. The zero-order valence-corrected chi connectivity index (χ0v) is 14.7. The Labute approximate surface area is 152 Å². The van der Waals surface area contributed by atoms with Crippen LogP contribution in [0.3, 0.4) is 0 Å². The highest BCUT2D eigenvalue weighted by Gasteiger charge is 2.13. The summed E-state index contributed by atoms with van der Waals surface area (Å²) < 4.78 is 10.7. The van der Waals surface area contributed by atoms with Crippen molar-refractivity contribution in [2.75, 3.05) is 17.4 Å². The lowest BCUT2D eigenvalue weighted by Crippen LogP contribution is -2.05. The normalized spacial score (nSPS) is 12.1. The van der Waals surface area contributed by atoms with Crippen LogP contribution >= 0.6 is 0 Å². The summed E-state index contributed by atoms with van der Waals surface area (Å²) in [7, 11) is 0. The van der Waals surface area contributed by atoms with Gasteiger partial charge < -0.3 is 20.1 Å². The average Bonchev–Trinajstić information content (AvgIpc) is 3.07. The van der Waals surface area contributed by atoms with Crippen LogP contribution in [0.5, 0.6) is 11.5 Å². The zero-order chi connectivity index (χ0) is 17.9. The minimum atomic E-state index is 0.257. The molecule has 2 N–H and O–H groups in total. The van der Waals surface area contributed by atoms with Crippen LogP contribution in [0, 0.1) is 13.8 Å². The van der Waals surface area contributed by atoms with Crippen molar-refractivity contribution in [3.63, 3.8) is 0 Å². The van der Waals surface area contributed by atoms with E-state index in [1.165, 1.54) is 11.1 Å². The van der Waals surface area contributed by atoms with Crippen LogP contribution in [0.25, 0.3) is 0 Å². The molecule has 0 saturated heterocycles. The van der Waals surface area contributed by atoms with E-state index in [-0.39, 0.29) is 6.79 Å². The average molecular weight is 348 g/mol. The molecule has 0 unspecified atom stereocenters. The maximum Gasteiger partial charge on any atom is 0.231 e. The summed E-state index contributed by atoms with van der Waals surface area (Å²) in [6.07, 6.45) is 0. The zero-order valence-electron chi connectivity index (χ0n) is 14.7. The van der Waals surface area contributed by atoms with Gasteiger partial charge in [-0.25, -0.2) is 4.98 Å². The van der Waals surface area contributed by atoms with E-state index in [1.807, 2.05) is 31.2 Å². The molecule has 0 radical (unpaired) electrons. The first-order valence-electron chi connectivity index (χ1n) is 8.47. The Morgan fingerprint density at radius 3 is 2.73 bits per heavy atom. The molecule has 0 amide bonds. The van der Waals surface area contributed by atoms with E-state index in [1.54, 1.807) is 0 Å². The van der Waals surface area contributed by atoms with Gasteiger partial charge in [0.05, 0.1) is 0 Å². The van der Waals surface area contributed by atoms with E-state index in [2.05, 4.69) is 51.8 Å². The third kappa shape index (κ3) is 3.69. The first-order valence-corrected chi connectivity index (χ1v) is 8.47. The van der Waals surface area contributed by atoms with Gasteiger partial charge in [-0.2, -0.15) is 4.98 Å². The van der Waals surface area contributed by atoms with Gasteiger partial charge >= 0.3 is 0 Å². The summed E-state index contributed by atoms with van der Waals surface area (Å²) in [6, 6.07) is 16.0. The van der Waals surface area contributed by atoms with Crippen LogP contribution in [-0.2, 0) is 6.54 Å². The van der Waals surface area contributed by atoms with Gasteiger partial charge in [0.15, 0.2) is 11.5 Å². The molecule has 132 valence electrons. The molecule has 2 heterocycles. The lowest BCUT2D eigenvalue weighted by Gasteiger charge is -2.11. The molecule has 1 aliphatic rings. The molecule has 4 rings (SSSR count). The molecule has 3 aromatic rings. The lowest BCUT2D eigenvalue weighted by molar-refractivity contribution is 0.174. The molecular weight excluding hydrogens is 328 g/mol. The van der Waals surface area contributed by atoms with Crippen molar-refractivity contribution in [1.29, 1.82) is 0 Å². The summed E-state index contributed by atoms with van der Waals surface area (Å²) in [5, 5.41) is 6.59. The second-order valence-electron chi connectivity index (χ2n) is 6.25. The Morgan fingerprint density at radius 2 is 1.85 bits per heavy atom. The highest BCUT2D eigenvalue weighted by molar-refractivity contribution is 5.61. The Kier molecular flexibility index (Phi) is 4.31. The van der Waals surface area contributed by atoms with Gasteiger partial charge in [0.1, 0.15) is 5.82 Å². The number of hydrogen-bond donors (Lipinski definition) is 2. The van der Waals surface area contributed by atoms with Crippen molar-refractivity contribution < 1.29 is 9.47 Å². The molecule has 0 atom stereocenters. The number of fused-ring (bicyclic) bond motifs is 1. The Bertz CT molecular complexity index is 943. The molecule has 0 bridgehead atoms. The predicted octanol–water partition coefficient (Wildman–Crippen LogP) is 4.18. The molecule has 6 nitrogen and oxygen atoms in total. The van der Waals surface area contributed by atoms with Crippen molar-refractivity contribution in [2.24, 2.45) is 0 Å². The van der Waals surface area contributed by atoms with Gasteiger partial charge in [-0.05, 0) is 31.5 Å². The van der Waals surface area contributed by atoms with Crippen LogP contribution in [0.1, 0.15) is 16.8 Å². The van der Waals surface area contributed by atoms with Gasteiger partial charge in [-0.15, -0.1) is 0 Å². The molecular formula is C20H20N4O2. The molecule has 0 saturated carbocycles. The second-order valence-corrected chi connectivity index (χ2v) is 6.25. The number of rotatable bonds is 5. The minimum absolute atomic E-state index is 0.257. The largest absolute Gasteiger partial charge is 0.454 e. The van der Waals surface area contributed by atoms with Gasteiger partial charge in [0, 0.05) is 30.1 Å². The number of anilines is 3. The van der Waals surface area contributed by atoms with Crippen molar-refractivity contribution in [3.8, 4) is 11.5 Å². The summed E-state index contributed by atoms with van der Waals surface area (Å²) in [4.78, 5) is 9.01. The smallest absolute Gasteiger partial charge is 0.231 e. The number of benzene rings is 2. The molecule has 6 heteroatoms. The Balaban J connectivity index is 1.49. The van der Waals surface area contributed by atoms with Crippen molar-refractivity contribution in [2.45, 2.75) is 20.4 Å². The molecule has 0 aliphatic carbocycles. The van der Waals surface area contributed by atoms with Crippen molar-refractivity contribution in [3.05, 3.63) is 65.4 Å². The van der Waals surface area contributed by atoms with Crippen LogP contribution in [0.15, 0.2) is 48.5 Å². The fraction of sp³-hybridized carbons (Fsp3) is 0.200. The number of nitrogens with one attached hydrogen (secondary N) is 2. The summed E-state index contributed by atoms with van der Waals surface area (Å²) >= 11 is 0. The molecule has 1 aliphatic heterocycles. The quantitative estimate of drug-likeness (QED) is 0.721. The number of nitrogens with zero attached hydrogens (tertiary/aromatic N) is 2. The molecule has 0 spiro atoms. The Morgan fingerprint density at radius 1 is 0.962 bits per heavy atom. The SMILES string of the molecule is Cc1cccc(CNc2cc(C)nc(Nc3ccc4c(c3)OCO4)n2)c1. The molecule has 26 heavy (non-hydrogen) atoms. The number of ether oxygens (including phenoxy) is 2. The highest BCUT2D eigenvalue weighted by atomic mass is 16.7. The van der Waals surface area contributed by atoms with Gasteiger partial charge in [-0.3, -0.25) is 0 Å². The maximum absolute atomic E-state index is 5.41. The summed E-state index contributed by atoms with van der Waals surface area (Å²) in [6.45, 7) is 5.00. The van der Waals surface area contributed by atoms with Crippen LogP contribution < -0.4 is 20.1 Å². The third-order valence-electron chi connectivity index (χ3n) is 4.04. The fourth-order valence-corrected chi connectivity index (χ4v) is 2.83. The monoisotopic (exact) mass is 348 g/mol. The maximum atomic E-state index is 5.41. The summed E-state index contributed by atoms with van der Waals surface area (Å²) in [5.41, 5.74) is 4.19. The van der Waals surface area contributed by atoms with Crippen LogP contribution in [-0.4, -0.2) is 16.8 Å². The number of aromatic nitrogens is 2. The number of aryl methyl sites for hydroxylation is 2. The molecule has 0 fully saturated rings. The Hall–Kier alpha value is -3.28. The fourth-order valence-electron chi connectivity index (χ4n) is 2.83. The summed E-state index contributed by atoms with van der Waals surface area (Å²) in [5.74, 6) is 2.79. The van der Waals surface area contributed by atoms with Gasteiger partial charge in [-0.1, -0.05) is 29.8 Å². The van der Waals surface area contributed by atoms with Crippen molar-refractivity contribution in [1.82, 2.24) is 9.97 Å². The lowest BCUT2D eigenvalue weighted by atomic mass is 10.1. The first kappa shape index (κ1) is 16.2. The van der Waals surface area contributed by atoms with Crippen LogP contribution in [0.2, 0.25) is 0 Å². The van der Waals surface area contributed by atoms with E-state index in [9.17, 15) is 0 Å². The molecule has 2 aromatic carbocycles. The second kappa shape index (κ2) is 6.92. The minimum Gasteiger partial charge on any atom is -0.454 e. The highest BCUT2D eigenvalue weighted by Crippen LogP contribution is 2.34. The standard InChI is InChI=1S/C20H20N4O2/c1-13-4-3-5-15(8-13)11-21-19-9-14(2)22-20(24-19)23-16-6-7-17-18(10-16)26-12-25-17/h3-10H,11-12H2,1-2H3,(H2,21,22,23,24). The topological polar surface area (TPSA) is 68.3 Å². The van der Waals surface area contributed by atoms with E-state index in [4.69, 9.17) is 9.47 Å². The van der Waals surface area contributed by atoms with Gasteiger partial charge in [0.25, 0.3) is 0 Å². The van der Waals surface area contributed by atoms with E-state index in [0.29, 0.717) is 12.5 Å². The van der Waals surface area contributed by atoms with E-state index >= 15 is 0 Å². The van der Waals surface area contributed by atoms with E-state index < -0.39 is 0 Å². The number of hydrogen-bond acceptors (Lipinski definition) is 6. The predicted molar refractivity (Wildman–Crippen MR) is 101 cm³/mol. The first-order chi connectivity index (χ1) is 12.7. The van der Waals surface area contributed by atoms with Crippen LogP contribution in [0.4, 0.5) is 17.5 Å². The van der Waals surface area contributed by atoms with Gasteiger partial charge in [0.2, 0.25) is 12.7 Å². The van der Waals surface area contributed by atoms with Crippen molar-refractivity contribution >= 4 is 17.5 Å². The van der Waals surface area contributed by atoms with E-state index in [0.717, 1.165) is 28.7 Å².